The minimum absolute atomic E-state index is 0.387. The van der Waals surface area contributed by atoms with E-state index in [1.807, 2.05) is 19.1 Å². The molecule has 1 aromatic heterocycles. The number of aryl methyl sites for hydroxylation is 2. The molecular weight excluding hydrogens is 176 g/mol. The number of pyridine rings is 1. The van der Waals surface area contributed by atoms with Gasteiger partial charge in [0.15, 0.2) is 5.03 Å². The van der Waals surface area contributed by atoms with E-state index in [-0.39, 0.29) is 0 Å². The highest BCUT2D eigenvalue weighted by Gasteiger charge is 2.08. The van der Waals surface area contributed by atoms with E-state index < -0.39 is 11.1 Å². The summed E-state index contributed by atoms with van der Waals surface area (Å²) in [6.07, 6.45) is 0. The van der Waals surface area contributed by atoms with Gasteiger partial charge in [0.25, 0.3) is 0 Å². The van der Waals surface area contributed by atoms with Crippen LogP contribution in [0.15, 0.2) is 17.2 Å². The quantitative estimate of drug-likeness (QED) is 0.687. The average molecular weight is 186 g/mol. The molecule has 2 N–H and O–H groups in total. The van der Waals surface area contributed by atoms with Crippen LogP contribution in [0.25, 0.3) is 0 Å². The molecule has 1 heterocycles. The number of aromatic nitrogens is 1. The summed E-state index contributed by atoms with van der Waals surface area (Å²) in [6.45, 7) is 3.62. The standard InChI is InChI=1S/C7H10N2O2S/c1-5-3-4-6(2)9-7(5)12(10)11-8/h3-4H,8H2,1-2H3. The molecule has 0 saturated carbocycles. The second kappa shape index (κ2) is 3.75. The van der Waals surface area contributed by atoms with Gasteiger partial charge in [-0.05, 0) is 25.5 Å². The summed E-state index contributed by atoms with van der Waals surface area (Å²) >= 11 is -1.65. The monoisotopic (exact) mass is 186 g/mol. The lowest BCUT2D eigenvalue weighted by Crippen LogP contribution is -2.07. The molecule has 0 amide bonds. The minimum atomic E-state index is -1.65. The predicted molar refractivity (Wildman–Crippen MR) is 45.4 cm³/mol. The SMILES string of the molecule is Cc1ccc(C)c(S(=O)ON)n1. The summed E-state index contributed by atoms with van der Waals surface area (Å²) in [4.78, 5) is 4.04. The molecule has 0 aliphatic carbocycles. The summed E-state index contributed by atoms with van der Waals surface area (Å²) < 4.78 is 15.3. The van der Waals surface area contributed by atoms with Gasteiger partial charge >= 0.3 is 0 Å². The van der Waals surface area contributed by atoms with Crippen molar-refractivity contribution < 1.29 is 8.49 Å². The molecule has 1 rings (SSSR count). The summed E-state index contributed by atoms with van der Waals surface area (Å²) in [5.74, 6) is 4.78. The zero-order valence-corrected chi connectivity index (χ0v) is 7.72. The normalized spacial score (nSPS) is 12.9. The lowest BCUT2D eigenvalue weighted by Gasteiger charge is -2.02. The molecule has 1 atom stereocenters. The predicted octanol–water partition coefficient (Wildman–Crippen LogP) is 0.611. The number of rotatable bonds is 2. The molecule has 66 valence electrons. The third kappa shape index (κ3) is 1.88. The Kier molecular flexibility index (Phi) is 2.91. The second-order valence-corrected chi connectivity index (χ2v) is 3.45. The van der Waals surface area contributed by atoms with Crippen LogP contribution in [0.4, 0.5) is 0 Å². The Morgan fingerprint density at radius 3 is 2.75 bits per heavy atom. The molecule has 0 bridgehead atoms. The van der Waals surface area contributed by atoms with Crippen LogP contribution in [0.2, 0.25) is 0 Å². The van der Waals surface area contributed by atoms with Crippen molar-refractivity contribution in [3.8, 4) is 0 Å². The van der Waals surface area contributed by atoms with Crippen LogP contribution in [0.1, 0.15) is 11.3 Å². The van der Waals surface area contributed by atoms with E-state index >= 15 is 0 Å². The van der Waals surface area contributed by atoms with E-state index in [1.165, 1.54) is 0 Å². The first kappa shape index (κ1) is 9.31. The molecule has 0 spiro atoms. The Labute approximate surface area is 73.4 Å². The summed E-state index contributed by atoms with van der Waals surface area (Å²) in [7, 11) is 0. The summed E-state index contributed by atoms with van der Waals surface area (Å²) in [6, 6.07) is 3.67. The van der Waals surface area contributed by atoms with Crippen LogP contribution in [-0.4, -0.2) is 9.19 Å². The maximum Gasteiger partial charge on any atom is 0.225 e. The highest BCUT2D eigenvalue weighted by atomic mass is 32.2. The Balaban J connectivity index is 3.13. The fourth-order valence-corrected chi connectivity index (χ4v) is 1.46. The molecule has 0 aromatic carbocycles. The van der Waals surface area contributed by atoms with Gasteiger partial charge in [0.05, 0.1) is 0 Å². The van der Waals surface area contributed by atoms with E-state index in [4.69, 9.17) is 5.90 Å². The summed E-state index contributed by atoms with van der Waals surface area (Å²) in [5.41, 5.74) is 1.60. The van der Waals surface area contributed by atoms with Crippen LogP contribution < -0.4 is 5.90 Å². The highest BCUT2D eigenvalue weighted by molar-refractivity contribution is 7.80. The van der Waals surface area contributed by atoms with Crippen LogP contribution >= 0.6 is 0 Å². The van der Waals surface area contributed by atoms with Gasteiger partial charge in [-0.1, -0.05) is 6.07 Å². The fraction of sp³-hybridized carbons (Fsp3) is 0.286. The average Bonchev–Trinajstić information content (AvgIpc) is 2.08. The molecular formula is C7H10N2O2S. The minimum Gasteiger partial charge on any atom is -0.241 e. The Bertz CT molecular complexity index is 314. The molecule has 0 aliphatic heterocycles. The van der Waals surface area contributed by atoms with Gasteiger partial charge in [-0.15, -0.1) is 0 Å². The van der Waals surface area contributed by atoms with Crippen molar-refractivity contribution in [2.45, 2.75) is 18.9 Å². The molecule has 5 heteroatoms. The third-order valence-electron chi connectivity index (χ3n) is 1.44. The topological polar surface area (TPSA) is 65.2 Å². The van der Waals surface area contributed by atoms with E-state index in [0.29, 0.717) is 5.03 Å². The van der Waals surface area contributed by atoms with E-state index in [0.717, 1.165) is 11.3 Å². The van der Waals surface area contributed by atoms with Crippen LogP contribution in [0.5, 0.6) is 0 Å². The molecule has 12 heavy (non-hydrogen) atoms. The van der Waals surface area contributed by atoms with Crippen molar-refractivity contribution in [2.24, 2.45) is 5.90 Å². The van der Waals surface area contributed by atoms with Crippen molar-refractivity contribution in [1.29, 1.82) is 0 Å². The fourth-order valence-electron chi connectivity index (χ4n) is 0.817. The molecule has 1 aromatic rings. The number of nitrogens with two attached hydrogens (primary N) is 1. The van der Waals surface area contributed by atoms with Crippen molar-refractivity contribution in [3.05, 3.63) is 23.4 Å². The van der Waals surface area contributed by atoms with Crippen LogP contribution in [0, 0.1) is 13.8 Å². The molecule has 0 fully saturated rings. The number of hydrogen-bond acceptors (Lipinski definition) is 4. The van der Waals surface area contributed by atoms with Gasteiger partial charge in [-0.2, -0.15) is 10.2 Å². The molecule has 0 aliphatic rings. The van der Waals surface area contributed by atoms with Gasteiger partial charge < -0.3 is 0 Å². The van der Waals surface area contributed by atoms with Gasteiger partial charge in [-0.25, -0.2) is 9.19 Å². The van der Waals surface area contributed by atoms with Crippen molar-refractivity contribution in [1.82, 2.24) is 4.98 Å². The van der Waals surface area contributed by atoms with Gasteiger partial charge in [0.2, 0.25) is 11.1 Å². The molecule has 4 nitrogen and oxygen atoms in total. The smallest absolute Gasteiger partial charge is 0.225 e. The zero-order chi connectivity index (χ0) is 9.14. The second-order valence-electron chi connectivity index (χ2n) is 2.41. The first-order valence-corrected chi connectivity index (χ1v) is 4.46. The largest absolute Gasteiger partial charge is 0.241 e. The van der Waals surface area contributed by atoms with Crippen LogP contribution in [-0.2, 0) is 15.4 Å². The van der Waals surface area contributed by atoms with Crippen molar-refractivity contribution in [3.63, 3.8) is 0 Å². The van der Waals surface area contributed by atoms with E-state index in [2.05, 4.69) is 9.27 Å². The summed E-state index contributed by atoms with van der Waals surface area (Å²) in [5, 5.41) is 0.387. The van der Waals surface area contributed by atoms with E-state index in [1.54, 1.807) is 6.92 Å². The van der Waals surface area contributed by atoms with Gasteiger partial charge in [0.1, 0.15) is 0 Å². The number of nitrogens with zero attached hydrogens (tertiary/aromatic N) is 1. The Morgan fingerprint density at radius 1 is 1.50 bits per heavy atom. The lowest BCUT2D eigenvalue weighted by molar-refractivity contribution is 0.365. The lowest BCUT2D eigenvalue weighted by atomic mass is 10.3. The maximum absolute atomic E-state index is 11.1. The molecule has 0 radical (unpaired) electrons. The maximum atomic E-state index is 11.1. The highest BCUT2D eigenvalue weighted by Crippen LogP contribution is 2.10. The Hall–Kier alpha value is -0.780. The first-order valence-electron chi connectivity index (χ1n) is 3.38. The number of hydrogen-bond donors (Lipinski definition) is 1. The van der Waals surface area contributed by atoms with E-state index in [9.17, 15) is 4.21 Å². The van der Waals surface area contributed by atoms with Crippen molar-refractivity contribution in [2.75, 3.05) is 0 Å². The van der Waals surface area contributed by atoms with Crippen molar-refractivity contribution >= 4 is 11.1 Å². The van der Waals surface area contributed by atoms with Gasteiger partial charge in [0, 0.05) is 5.69 Å². The van der Waals surface area contributed by atoms with Crippen LogP contribution in [0.3, 0.4) is 0 Å². The van der Waals surface area contributed by atoms with Gasteiger partial charge in [-0.3, -0.25) is 0 Å². The molecule has 1 unspecified atom stereocenters. The first-order chi connectivity index (χ1) is 5.65. The third-order valence-corrected chi connectivity index (χ3v) is 2.34. The zero-order valence-electron chi connectivity index (χ0n) is 6.90. The molecule has 0 saturated heterocycles. The Morgan fingerprint density at radius 2 is 2.17 bits per heavy atom.